The van der Waals surface area contributed by atoms with Crippen LogP contribution >= 0.6 is 15.9 Å². The van der Waals surface area contributed by atoms with E-state index < -0.39 is 31.1 Å². The number of halogens is 1. The first-order chi connectivity index (χ1) is 16.0. The third-order valence-electron chi connectivity index (χ3n) is 5.27. The lowest BCUT2D eigenvalue weighted by Gasteiger charge is -2.16. The Morgan fingerprint density at radius 2 is 1.91 bits per heavy atom. The Hall–Kier alpha value is -3.16. The highest BCUT2D eigenvalue weighted by atomic mass is 79.9. The van der Waals surface area contributed by atoms with Gasteiger partial charge < -0.3 is 24.5 Å². The van der Waals surface area contributed by atoms with Crippen molar-refractivity contribution in [1.29, 1.82) is 0 Å². The van der Waals surface area contributed by atoms with Crippen molar-refractivity contribution in [3.63, 3.8) is 0 Å². The number of imidazole rings is 1. The Kier molecular flexibility index (Phi) is 5.91. The number of benzene rings is 1. The van der Waals surface area contributed by atoms with Crippen LogP contribution in [0.1, 0.15) is 12.0 Å². The van der Waals surface area contributed by atoms with Crippen LogP contribution in [-0.4, -0.2) is 66.0 Å². The number of anilines is 1. The fourth-order valence-electron chi connectivity index (χ4n) is 3.58. The summed E-state index contributed by atoms with van der Waals surface area (Å²) in [6.45, 7) is -0.422. The molecule has 4 aromatic rings. The Labute approximate surface area is 195 Å². The van der Waals surface area contributed by atoms with Gasteiger partial charge in [0.15, 0.2) is 23.2 Å². The number of aliphatic hydroxyl groups is 3. The molecule has 1 aliphatic rings. The van der Waals surface area contributed by atoms with Gasteiger partial charge in [0.05, 0.1) is 19.1 Å². The molecule has 170 valence electrons. The van der Waals surface area contributed by atoms with Gasteiger partial charge in [0, 0.05) is 10.0 Å². The normalized spacial score (nSPS) is 23.0. The van der Waals surface area contributed by atoms with Gasteiger partial charge in [0.2, 0.25) is 0 Å². The van der Waals surface area contributed by atoms with E-state index in [9.17, 15) is 15.3 Å². The summed E-state index contributed by atoms with van der Waals surface area (Å²) >= 11 is 3.41. The van der Waals surface area contributed by atoms with Crippen LogP contribution in [0.2, 0.25) is 0 Å². The Balaban J connectivity index is 1.33. The average Bonchev–Trinajstić information content (AvgIpc) is 3.53. The topological polar surface area (TPSA) is 151 Å². The van der Waals surface area contributed by atoms with E-state index in [1.54, 1.807) is 6.07 Å². The third-order valence-corrected chi connectivity index (χ3v) is 5.80. The molecule has 12 heteroatoms. The number of hydrazone groups is 1. The molecule has 33 heavy (non-hydrogen) atoms. The minimum absolute atomic E-state index is 0.335. The highest BCUT2D eigenvalue weighted by Gasteiger charge is 2.44. The van der Waals surface area contributed by atoms with Crippen molar-refractivity contribution >= 4 is 39.1 Å². The lowest BCUT2D eigenvalue weighted by molar-refractivity contribution is -0.0511. The minimum Gasteiger partial charge on any atom is -0.455 e. The summed E-state index contributed by atoms with van der Waals surface area (Å²) in [5.41, 5.74) is 4.52. The number of hydrogen-bond donors (Lipinski definition) is 4. The molecule has 0 radical (unpaired) electrons. The summed E-state index contributed by atoms with van der Waals surface area (Å²) in [5.74, 6) is 1.59. The second kappa shape index (κ2) is 9.00. The SMILES string of the molecule is OC[C@H]1O[C@@H](n2cnc3c(N/N=C/c4ccc(-c5ccc(Br)cc5)o4)ncnc32)[C@@H](O)C1O. The molecule has 3 aromatic heterocycles. The molecule has 1 aromatic carbocycles. The number of aliphatic hydroxyl groups excluding tert-OH is 3. The molecule has 1 aliphatic heterocycles. The zero-order chi connectivity index (χ0) is 22.9. The molecule has 0 aliphatic carbocycles. The molecule has 0 saturated carbocycles. The van der Waals surface area contributed by atoms with E-state index in [4.69, 9.17) is 9.15 Å². The average molecular weight is 515 g/mol. The zero-order valence-corrected chi connectivity index (χ0v) is 18.6. The summed E-state index contributed by atoms with van der Waals surface area (Å²) in [7, 11) is 0. The number of nitrogens with one attached hydrogen (secondary N) is 1. The summed E-state index contributed by atoms with van der Waals surface area (Å²) in [5, 5.41) is 33.8. The molecule has 0 amide bonds. The van der Waals surface area contributed by atoms with Crippen molar-refractivity contribution in [2.24, 2.45) is 5.10 Å². The quantitative estimate of drug-likeness (QED) is 0.223. The molecule has 11 nitrogen and oxygen atoms in total. The molecular weight excluding hydrogens is 496 g/mol. The van der Waals surface area contributed by atoms with E-state index in [2.05, 4.69) is 41.4 Å². The molecule has 4 N–H and O–H groups in total. The molecule has 1 unspecified atom stereocenters. The van der Waals surface area contributed by atoms with Crippen molar-refractivity contribution < 1.29 is 24.5 Å². The number of fused-ring (bicyclic) bond motifs is 1. The van der Waals surface area contributed by atoms with Crippen molar-refractivity contribution in [3.8, 4) is 11.3 Å². The van der Waals surface area contributed by atoms with Crippen molar-refractivity contribution in [2.75, 3.05) is 12.0 Å². The number of nitrogens with zero attached hydrogens (tertiary/aromatic N) is 5. The van der Waals surface area contributed by atoms with Gasteiger partial charge in [-0.15, -0.1) is 0 Å². The van der Waals surface area contributed by atoms with Crippen molar-refractivity contribution in [2.45, 2.75) is 24.5 Å². The molecule has 1 saturated heterocycles. The summed E-state index contributed by atoms with van der Waals surface area (Å²) in [6, 6.07) is 11.4. The van der Waals surface area contributed by atoms with Crippen LogP contribution in [-0.2, 0) is 4.74 Å². The third kappa shape index (κ3) is 4.14. The second-order valence-electron chi connectivity index (χ2n) is 7.35. The second-order valence-corrected chi connectivity index (χ2v) is 8.27. The van der Waals surface area contributed by atoms with E-state index in [0.29, 0.717) is 28.5 Å². The van der Waals surface area contributed by atoms with Crippen LogP contribution in [0.5, 0.6) is 0 Å². The largest absolute Gasteiger partial charge is 0.455 e. The van der Waals surface area contributed by atoms with E-state index in [0.717, 1.165) is 10.0 Å². The number of ether oxygens (including phenoxy) is 1. The molecule has 4 heterocycles. The van der Waals surface area contributed by atoms with Gasteiger partial charge in [0.1, 0.15) is 36.2 Å². The van der Waals surface area contributed by atoms with E-state index in [1.165, 1.54) is 23.4 Å². The Bertz CT molecular complexity index is 1290. The molecule has 0 spiro atoms. The van der Waals surface area contributed by atoms with Crippen molar-refractivity contribution in [1.82, 2.24) is 19.5 Å². The predicted octanol–water partition coefficient (Wildman–Crippen LogP) is 1.91. The highest BCUT2D eigenvalue weighted by Crippen LogP contribution is 2.32. The van der Waals surface area contributed by atoms with E-state index >= 15 is 0 Å². The van der Waals surface area contributed by atoms with Gasteiger partial charge in [-0.3, -0.25) is 9.99 Å². The highest BCUT2D eigenvalue weighted by molar-refractivity contribution is 9.10. The molecule has 1 fully saturated rings. The van der Waals surface area contributed by atoms with Gasteiger partial charge in [-0.05, 0) is 24.3 Å². The summed E-state index contributed by atoms with van der Waals surface area (Å²) in [6.07, 6.45) is -0.0705. The van der Waals surface area contributed by atoms with Crippen LogP contribution < -0.4 is 5.43 Å². The zero-order valence-electron chi connectivity index (χ0n) is 17.0. The van der Waals surface area contributed by atoms with Crippen LogP contribution in [0.25, 0.3) is 22.5 Å². The Morgan fingerprint density at radius 3 is 2.67 bits per heavy atom. The van der Waals surface area contributed by atoms with Crippen LogP contribution in [0.15, 0.2) is 63.0 Å². The maximum absolute atomic E-state index is 10.3. The van der Waals surface area contributed by atoms with Gasteiger partial charge in [0.25, 0.3) is 0 Å². The fourth-order valence-corrected chi connectivity index (χ4v) is 3.84. The maximum Gasteiger partial charge on any atom is 0.177 e. The molecule has 0 bridgehead atoms. The van der Waals surface area contributed by atoms with E-state index in [1.807, 2.05) is 30.3 Å². The first-order valence-corrected chi connectivity index (χ1v) is 10.8. The van der Waals surface area contributed by atoms with Crippen LogP contribution in [0.4, 0.5) is 5.82 Å². The lowest BCUT2D eigenvalue weighted by atomic mass is 10.1. The summed E-state index contributed by atoms with van der Waals surface area (Å²) in [4.78, 5) is 12.7. The van der Waals surface area contributed by atoms with Crippen LogP contribution in [0, 0.1) is 0 Å². The molecule has 5 rings (SSSR count). The number of hydrogen-bond acceptors (Lipinski definition) is 10. The summed E-state index contributed by atoms with van der Waals surface area (Å²) < 4.78 is 13.8. The van der Waals surface area contributed by atoms with Crippen LogP contribution in [0.3, 0.4) is 0 Å². The molecular formula is C21H19BrN6O5. The van der Waals surface area contributed by atoms with Gasteiger partial charge in [-0.1, -0.05) is 28.1 Å². The van der Waals surface area contributed by atoms with E-state index in [-0.39, 0.29) is 0 Å². The van der Waals surface area contributed by atoms with Crippen molar-refractivity contribution in [3.05, 3.63) is 59.3 Å². The van der Waals surface area contributed by atoms with Gasteiger partial charge in [-0.25, -0.2) is 15.0 Å². The first kappa shape index (κ1) is 21.7. The first-order valence-electron chi connectivity index (χ1n) is 10.00. The lowest BCUT2D eigenvalue weighted by Crippen LogP contribution is -2.33. The minimum atomic E-state index is -1.25. The monoisotopic (exact) mass is 514 g/mol. The standard InChI is InChI=1S/C21H19BrN6O5/c22-12-3-1-11(2-4-12)14-6-5-13(32-14)7-26-27-19-16-20(24-9-23-19)28(10-25-16)21-18(31)17(30)15(8-29)33-21/h1-7,9-10,15,17-18,21,29-31H,8H2,(H,23,24,27)/b26-7+/t15-,17?,18+,21-/m1/s1. The molecule has 4 atom stereocenters. The smallest absolute Gasteiger partial charge is 0.177 e. The number of rotatable bonds is 6. The van der Waals surface area contributed by atoms with Gasteiger partial charge in [-0.2, -0.15) is 5.10 Å². The Morgan fingerprint density at radius 1 is 1.09 bits per heavy atom. The maximum atomic E-state index is 10.3. The van der Waals surface area contributed by atoms with Gasteiger partial charge >= 0.3 is 0 Å². The number of furan rings is 1. The predicted molar refractivity (Wildman–Crippen MR) is 121 cm³/mol. The number of aromatic nitrogens is 4. The fraction of sp³-hybridized carbons (Fsp3) is 0.238.